The van der Waals surface area contributed by atoms with Crippen LogP contribution in [0, 0.1) is 6.92 Å². The Morgan fingerprint density at radius 1 is 1.31 bits per heavy atom. The molecule has 0 atom stereocenters. The highest BCUT2D eigenvalue weighted by atomic mass is 32.2. The number of hydrogen-bond donors (Lipinski definition) is 1. The minimum absolute atomic E-state index is 0.0659. The predicted octanol–water partition coefficient (Wildman–Crippen LogP) is 2.90. The molecule has 0 bridgehead atoms. The van der Waals surface area contributed by atoms with Crippen molar-refractivity contribution in [3.63, 3.8) is 0 Å². The molecule has 26 heavy (non-hydrogen) atoms. The second-order valence-corrected chi connectivity index (χ2v) is 8.34. The molecule has 0 unspecified atom stereocenters. The fourth-order valence-electron chi connectivity index (χ4n) is 3.09. The van der Waals surface area contributed by atoms with Gasteiger partial charge in [0.05, 0.1) is 11.4 Å². The van der Waals surface area contributed by atoms with Crippen molar-refractivity contribution in [1.29, 1.82) is 0 Å². The summed E-state index contributed by atoms with van der Waals surface area (Å²) in [5, 5.41) is 7.09. The third-order valence-electron chi connectivity index (χ3n) is 4.39. The molecule has 1 aliphatic rings. The maximum atomic E-state index is 12.8. The molecule has 10 heteroatoms. The summed E-state index contributed by atoms with van der Waals surface area (Å²) >= 11 is 0. The summed E-state index contributed by atoms with van der Waals surface area (Å²) in [6, 6.07) is 2.25. The van der Waals surface area contributed by atoms with Crippen LogP contribution >= 0.6 is 0 Å². The molecule has 2 aromatic heterocycles. The van der Waals surface area contributed by atoms with Gasteiger partial charge < -0.3 is 0 Å². The molecule has 0 aliphatic carbocycles. The highest BCUT2D eigenvalue weighted by Gasteiger charge is 2.34. The number of aryl methyl sites for hydroxylation is 1. The maximum Gasteiger partial charge on any atom is 0.433 e. The number of aromatic nitrogens is 3. The Kier molecular flexibility index (Phi) is 4.82. The average molecular weight is 388 g/mol. The standard InChI is InChI=1S/C16H19F3N4O2S/c1-3-8-26(24,25)23-7-6-13-12(9-23)15(22-21-13)11-4-5-14(16(17,18)19)20-10(11)2/h4-5H,3,6-9H2,1-2H3,(H,21,22). The summed E-state index contributed by atoms with van der Waals surface area (Å²) in [7, 11) is -3.36. The van der Waals surface area contributed by atoms with Crippen LogP contribution in [0.1, 0.15) is 36.0 Å². The van der Waals surface area contributed by atoms with Crippen molar-refractivity contribution in [3.05, 3.63) is 34.8 Å². The Morgan fingerprint density at radius 2 is 2.04 bits per heavy atom. The highest BCUT2D eigenvalue weighted by molar-refractivity contribution is 7.89. The summed E-state index contributed by atoms with van der Waals surface area (Å²) in [6.45, 7) is 3.80. The number of H-pyrrole nitrogens is 1. The van der Waals surface area contributed by atoms with Crippen molar-refractivity contribution in [2.45, 2.75) is 39.4 Å². The number of alkyl halides is 3. The van der Waals surface area contributed by atoms with Crippen LogP contribution in [0.3, 0.4) is 0 Å². The van der Waals surface area contributed by atoms with Crippen LogP contribution < -0.4 is 0 Å². The topological polar surface area (TPSA) is 79.0 Å². The molecule has 142 valence electrons. The first kappa shape index (κ1) is 18.8. The molecule has 3 heterocycles. The number of hydrogen-bond acceptors (Lipinski definition) is 4. The minimum atomic E-state index is -4.51. The van der Waals surface area contributed by atoms with E-state index in [1.165, 1.54) is 17.3 Å². The van der Waals surface area contributed by atoms with Gasteiger partial charge in [0.1, 0.15) is 5.69 Å². The van der Waals surface area contributed by atoms with E-state index in [-0.39, 0.29) is 18.0 Å². The molecule has 2 aromatic rings. The zero-order chi connectivity index (χ0) is 19.1. The first-order valence-corrected chi connectivity index (χ1v) is 9.83. The average Bonchev–Trinajstić information content (AvgIpc) is 2.97. The van der Waals surface area contributed by atoms with Crippen molar-refractivity contribution in [1.82, 2.24) is 19.5 Å². The van der Waals surface area contributed by atoms with Crippen molar-refractivity contribution in [3.8, 4) is 11.3 Å². The van der Waals surface area contributed by atoms with E-state index in [9.17, 15) is 21.6 Å². The van der Waals surface area contributed by atoms with Gasteiger partial charge in [-0.3, -0.25) is 5.10 Å². The quantitative estimate of drug-likeness (QED) is 0.874. The van der Waals surface area contributed by atoms with Crippen LogP contribution in [0.4, 0.5) is 13.2 Å². The van der Waals surface area contributed by atoms with E-state index < -0.39 is 21.9 Å². The molecule has 0 spiro atoms. The first-order chi connectivity index (χ1) is 12.1. The lowest BCUT2D eigenvalue weighted by molar-refractivity contribution is -0.141. The van der Waals surface area contributed by atoms with Crippen molar-refractivity contribution < 1.29 is 21.6 Å². The van der Waals surface area contributed by atoms with Gasteiger partial charge in [0.2, 0.25) is 10.0 Å². The van der Waals surface area contributed by atoms with Gasteiger partial charge in [-0.2, -0.15) is 22.6 Å². The molecule has 0 radical (unpaired) electrons. The van der Waals surface area contributed by atoms with Gasteiger partial charge in [0.25, 0.3) is 0 Å². The lowest BCUT2D eigenvalue weighted by Crippen LogP contribution is -2.37. The molecule has 0 saturated heterocycles. The van der Waals surface area contributed by atoms with Crippen molar-refractivity contribution >= 4 is 10.0 Å². The van der Waals surface area contributed by atoms with E-state index in [4.69, 9.17) is 0 Å². The van der Waals surface area contributed by atoms with Gasteiger partial charge in [-0.15, -0.1) is 0 Å². The zero-order valence-electron chi connectivity index (χ0n) is 14.4. The predicted molar refractivity (Wildman–Crippen MR) is 89.7 cm³/mol. The lowest BCUT2D eigenvalue weighted by atomic mass is 10.0. The van der Waals surface area contributed by atoms with Gasteiger partial charge in [-0.25, -0.2) is 13.4 Å². The van der Waals surface area contributed by atoms with E-state index in [1.807, 2.05) is 0 Å². The fraction of sp³-hybridized carbons (Fsp3) is 0.500. The SMILES string of the molecule is CCCS(=O)(=O)N1CCc2[nH]nc(-c3ccc(C(F)(F)F)nc3C)c2C1. The van der Waals surface area contributed by atoms with Crippen LogP contribution in [0.15, 0.2) is 12.1 Å². The zero-order valence-corrected chi connectivity index (χ0v) is 15.2. The second-order valence-electron chi connectivity index (χ2n) is 6.26. The van der Waals surface area contributed by atoms with Gasteiger partial charge in [-0.1, -0.05) is 6.92 Å². The summed E-state index contributed by atoms with van der Waals surface area (Å²) in [4.78, 5) is 3.64. The monoisotopic (exact) mass is 388 g/mol. The Bertz CT molecular complexity index is 922. The summed E-state index contributed by atoms with van der Waals surface area (Å²) < 4.78 is 64.5. The molecule has 1 aliphatic heterocycles. The van der Waals surface area contributed by atoms with Gasteiger partial charge in [0, 0.05) is 42.0 Å². The molecule has 0 amide bonds. The van der Waals surface area contributed by atoms with Gasteiger partial charge in [0.15, 0.2) is 0 Å². The Hall–Kier alpha value is -1.94. The number of pyridine rings is 1. The molecule has 1 N–H and O–H groups in total. The molecule has 6 nitrogen and oxygen atoms in total. The van der Waals surface area contributed by atoms with E-state index >= 15 is 0 Å². The first-order valence-electron chi connectivity index (χ1n) is 8.22. The van der Waals surface area contributed by atoms with Crippen LogP contribution in [0.25, 0.3) is 11.3 Å². The Morgan fingerprint density at radius 3 is 2.65 bits per heavy atom. The molecule has 0 aromatic carbocycles. The van der Waals surface area contributed by atoms with Crippen LogP contribution in [-0.2, 0) is 29.2 Å². The number of nitrogens with zero attached hydrogens (tertiary/aromatic N) is 3. The van der Waals surface area contributed by atoms with E-state index in [2.05, 4.69) is 15.2 Å². The van der Waals surface area contributed by atoms with Crippen molar-refractivity contribution in [2.24, 2.45) is 0 Å². The Balaban J connectivity index is 1.97. The smallest absolute Gasteiger partial charge is 0.282 e. The lowest BCUT2D eigenvalue weighted by Gasteiger charge is -2.26. The van der Waals surface area contributed by atoms with Gasteiger partial charge >= 0.3 is 6.18 Å². The van der Waals surface area contributed by atoms with Crippen LogP contribution in [0.5, 0.6) is 0 Å². The van der Waals surface area contributed by atoms with Gasteiger partial charge in [-0.05, 0) is 25.5 Å². The number of fused-ring (bicyclic) bond motifs is 1. The fourth-order valence-corrected chi connectivity index (χ4v) is 4.56. The highest BCUT2D eigenvalue weighted by Crippen LogP contribution is 2.33. The van der Waals surface area contributed by atoms with Crippen LogP contribution in [0.2, 0.25) is 0 Å². The third-order valence-corrected chi connectivity index (χ3v) is 6.41. The molecule has 0 fully saturated rings. The summed E-state index contributed by atoms with van der Waals surface area (Å²) in [6.07, 6.45) is -3.51. The maximum absolute atomic E-state index is 12.8. The number of rotatable bonds is 4. The molecular weight excluding hydrogens is 369 g/mol. The molecular formula is C16H19F3N4O2S. The third kappa shape index (κ3) is 3.48. The second kappa shape index (κ2) is 6.66. The number of sulfonamides is 1. The minimum Gasteiger partial charge on any atom is -0.282 e. The number of halogens is 3. The number of aromatic amines is 1. The van der Waals surface area contributed by atoms with Crippen LogP contribution in [-0.4, -0.2) is 40.2 Å². The van der Waals surface area contributed by atoms with E-state index in [0.717, 1.165) is 11.8 Å². The molecule has 0 saturated carbocycles. The number of nitrogens with one attached hydrogen (secondary N) is 1. The van der Waals surface area contributed by atoms with E-state index in [1.54, 1.807) is 6.92 Å². The Labute approximate surface area is 149 Å². The normalized spacial score (nSPS) is 15.9. The van der Waals surface area contributed by atoms with Crippen molar-refractivity contribution in [2.75, 3.05) is 12.3 Å². The largest absolute Gasteiger partial charge is 0.433 e. The summed E-state index contributed by atoms with van der Waals surface area (Å²) in [5.74, 6) is 0.0659. The van der Waals surface area contributed by atoms with E-state index in [0.29, 0.717) is 36.2 Å². The summed E-state index contributed by atoms with van der Waals surface area (Å²) in [5.41, 5.74) is 1.65. The molecule has 3 rings (SSSR count).